The smallest absolute Gasteiger partial charge is 0.325 e. The number of amides is 2. The van der Waals surface area contributed by atoms with Crippen molar-refractivity contribution in [1.29, 1.82) is 0 Å². The zero-order valence-electron chi connectivity index (χ0n) is 14.4. The Morgan fingerprint density at radius 2 is 1.81 bits per heavy atom. The van der Waals surface area contributed by atoms with Crippen molar-refractivity contribution >= 4 is 29.2 Å². The lowest BCUT2D eigenvalue weighted by molar-refractivity contribution is -0.384. The molecule has 2 aromatic rings. The molecule has 9 nitrogen and oxygen atoms in total. The van der Waals surface area contributed by atoms with Crippen LogP contribution in [0.3, 0.4) is 0 Å². The number of nitrogens with one attached hydrogen (secondary N) is 2. The van der Waals surface area contributed by atoms with E-state index in [0.29, 0.717) is 16.8 Å². The average molecular weight is 371 g/mol. The number of nitro benzene ring substituents is 1. The van der Waals surface area contributed by atoms with Crippen molar-refractivity contribution in [1.82, 2.24) is 5.32 Å². The summed E-state index contributed by atoms with van der Waals surface area (Å²) < 4.78 is 4.79. The summed E-state index contributed by atoms with van der Waals surface area (Å²) in [6.45, 7) is 0.682. The van der Waals surface area contributed by atoms with Gasteiger partial charge < -0.3 is 15.4 Å². The average Bonchev–Trinajstić information content (AvgIpc) is 2.66. The number of nitrogens with zero attached hydrogens (tertiary/aromatic N) is 1. The molecule has 2 amide bonds. The highest BCUT2D eigenvalue weighted by Crippen LogP contribution is 2.20. The van der Waals surface area contributed by atoms with Crippen LogP contribution < -0.4 is 10.6 Å². The molecule has 0 aromatic heterocycles. The Bertz CT molecular complexity index is 867. The summed E-state index contributed by atoms with van der Waals surface area (Å²) in [4.78, 5) is 45.4. The van der Waals surface area contributed by atoms with Crippen LogP contribution in [0.25, 0.3) is 0 Å². The number of anilines is 1. The minimum absolute atomic E-state index is 0.0916. The Labute approximate surface area is 154 Å². The van der Waals surface area contributed by atoms with Gasteiger partial charge in [0.2, 0.25) is 0 Å². The van der Waals surface area contributed by atoms with Crippen molar-refractivity contribution in [3.8, 4) is 0 Å². The molecule has 0 saturated carbocycles. The van der Waals surface area contributed by atoms with Crippen LogP contribution in [0.4, 0.5) is 11.4 Å². The van der Waals surface area contributed by atoms with E-state index < -0.39 is 29.3 Å². The summed E-state index contributed by atoms with van der Waals surface area (Å²) in [6.07, 6.45) is 0. The van der Waals surface area contributed by atoms with E-state index in [1.54, 1.807) is 37.3 Å². The Balaban J connectivity index is 1.77. The fourth-order valence-electron chi connectivity index (χ4n) is 2.13. The molecule has 9 heteroatoms. The molecular formula is C18H17N3O6. The maximum Gasteiger partial charge on any atom is 0.325 e. The minimum Gasteiger partial charge on any atom is -0.454 e. The predicted molar refractivity (Wildman–Crippen MR) is 96.2 cm³/mol. The number of hydrogen-bond acceptors (Lipinski definition) is 6. The summed E-state index contributed by atoms with van der Waals surface area (Å²) >= 11 is 0. The maximum atomic E-state index is 11.8. The fraction of sp³-hybridized carbons (Fsp3) is 0.167. The van der Waals surface area contributed by atoms with Crippen LogP contribution in [0.15, 0.2) is 48.5 Å². The first-order valence-electron chi connectivity index (χ1n) is 7.90. The number of ether oxygens (including phenoxy) is 1. The van der Waals surface area contributed by atoms with Gasteiger partial charge in [0.25, 0.3) is 17.5 Å². The predicted octanol–water partition coefficient (Wildman–Crippen LogP) is 1.81. The number of non-ortho nitro benzene ring substituents is 1. The third-order valence-corrected chi connectivity index (χ3v) is 3.49. The van der Waals surface area contributed by atoms with Gasteiger partial charge in [-0.2, -0.15) is 0 Å². The van der Waals surface area contributed by atoms with Gasteiger partial charge in [0.05, 0.1) is 4.92 Å². The highest BCUT2D eigenvalue weighted by atomic mass is 16.6. The van der Waals surface area contributed by atoms with Crippen molar-refractivity contribution in [2.45, 2.75) is 6.92 Å². The molecule has 2 aromatic carbocycles. The number of carbonyl (C=O) groups excluding carboxylic acids is 3. The summed E-state index contributed by atoms with van der Waals surface area (Å²) in [6, 6.07) is 12.3. The number of aryl methyl sites for hydroxylation is 1. The van der Waals surface area contributed by atoms with E-state index in [0.717, 1.165) is 0 Å². The number of carbonyl (C=O) groups is 3. The van der Waals surface area contributed by atoms with E-state index >= 15 is 0 Å². The molecule has 0 heterocycles. The summed E-state index contributed by atoms with van der Waals surface area (Å²) in [5.41, 5.74) is 1.18. The molecule has 0 spiro atoms. The van der Waals surface area contributed by atoms with E-state index in [2.05, 4.69) is 10.6 Å². The SMILES string of the molecule is Cc1cc([N+](=O)[O-])ccc1NC(=O)COC(=O)CNC(=O)c1ccccc1. The zero-order chi connectivity index (χ0) is 19.8. The lowest BCUT2D eigenvalue weighted by Gasteiger charge is -2.09. The first-order chi connectivity index (χ1) is 12.9. The Hall–Kier alpha value is -3.75. The van der Waals surface area contributed by atoms with Crippen molar-refractivity contribution in [2.24, 2.45) is 0 Å². The van der Waals surface area contributed by atoms with Gasteiger partial charge in [-0.25, -0.2) is 0 Å². The molecular weight excluding hydrogens is 354 g/mol. The minimum atomic E-state index is -0.769. The van der Waals surface area contributed by atoms with E-state index in [4.69, 9.17) is 4.74 Å². The van der Waals surface area contributed by atoms with Crippen LogP contribution in [0.2, 0.25) is 0 Å². The Morgan fingerprint density at radius 1 is 1.11 bits per heavy atom. The summed E-state index contributed by atoms with van der Waals surface area (Å²) in [5.74, 6) is -1.80. The molecule has 0 bridgehead atoms. The molecule has 0 aliphatic heterocycles. The summed E-state index contributed by atoms with van der Waals surface area (Å²) in [7, 11) is 0. The molecule has 140 valence electrons. The maximum absolute atomic E-state index is 11.8. The van der Waals surface area contributed by atoms with E-state index in [-0.39, 0.29) is 12.2 Å². The van der Waals surface area contributed by atoms with Gasteiger partial charge >= 0.3 is 5.97 Å². The highest BCUT2D eigenvalue weighted by molar-refractivity contribution is 5.96. The van der Waals surface area contributed by atoms with Gasteiger partial charge in [0.1, 0.15) is 6.54 Å². The quantitative estimate of drug-likeness (QED) is 0.434. The number of hydrogen-bond donors (Lipinski definition) is 2. The number of rotatable bonds is 7. The van der Waals surface area contributed by atoms with Gasteiger partial charge in [-0.05, 0) is 30.7 Å². The molecule has 2 N–H and O–H groups in total. The lowest BCUT2D eigenvalue weighted by Crippen LogP contribution is -2.32. The normalized spacial score (nSPS) is 9.96. The Morgan fingerprint density at radius 3 is 2.44 bits per heavy atom. The molecule has 27 heavy (non-hydrogen) atoms. The van der Waals surface area contributed by atoms with Crippen LogP contribution in [-0.4, -0.2) is 35.9 Å². The van der Waals surface area contributed by atoms with Crippen molar-refractivity contribution in [3.63, 3.8) is 0 Å². The highest BCUT2D eigenvalue weighted by Gasteiger charge is 2.13. The zero-order valence-corrected chi connectivity index (χ0v) is 14.4. The molecule has 0 aliphatic rings. The van der Waals surface area contributed by atoms with Crippen LogP contribution in [-0.2, 0) is 14.3 Å². The molecule has 0 unspecified atom stereocenters. The van der Waals surface area contributed by atoms with Crippen LogP contribution in [0, 0.1) is 17.0 Å². The van der Waals surface area contributed by atoms with Crippen LogP contribution in [0.1, 0.15) is 15.9 Å². The molecule has 0 radical (unpaired) electrons. The van der Waals surface area contributed by atoms with Crippen molar-refractivity contribution in [2.75, 3.05) is 18.5 Å². The molecule has 0 saturated heterocycles. The molecule has 0 fully saturated rings. The topological polar surface area (TPSA) is 128 Å². The lowest BCUT2D eigenvalue weighted by atomic mass is 10.2. The van der Waals surface area contributed by atoms with Crippen molar-refractivity contribution < 1.29 is 24.0 Å². The third-order valence-electron chi connectivity index (χ3n) is 3.49. The number of esters is 1. The summed E-state index contributed by atoms with van der Waals surface area (Å²) in [5, 5.41) is 15.6. The first kappa shape index (κ1) is 19.6. The standard InChI is InChI=1S/C18H17N3O6/c1-12-9-14(21(25)26)7-8-15(12)20-16(22)11-27-17(23)10-19-18(24)13-5-3-2-4-6-13/h2-9H,10-11H2,1H3,(H,19,24)(H,20,22). The second kappa shape index (κ2) is 9.09. The van der Waals surface area contributed by atoms with Gasteiger partial charge in [-0.15, -0.1) is 0 Å². The number of benzene rings is 2. The van der Waals surface area contributed by atoms with Gasteiger partial charge in [0.15, 0.2) is 6.61 Å². The molecule has 0 atom stereocenters. The van der Waals surface area contributed by atoms with Gasteiger partial charge in [-0.1, -0.05) is 18.2 Å². The van der Waals surface area contributed by atoms with E-state index in [9.17, 15) is 24.5 Å². The van der Waals surface area contributed by atoms with E-state index in [1.807, 2.05) is 0 Å². The van der Waals surface area contributed by atoms with Crippen LogP contribution >= 0.6 is 0 Å². The van der Waals surface area contributed by atoms with Crippen molar-refractivity contribution in [3.05, 3.63) is 69.8 Å². The molecule has 2 rings (SSSR count). The second-order valence-corrected chi connectivity index (χ2v) is 5.51. The van der Waals surface area contributed by atoms with Gasteiger partial charge in [0, 0.05) is 23.4 Å². The molecule has 0 aliphatic carbocycles. The Kier molecular flexibility index (Phi) is 6.59. The monoisotopic (exact) mass is 371 g/mol. The van der Waals surface area contributed by atoms with Crippen LogP contribution in [0.5, 0.6) is 0 Å². The van der Waals surface area contributed by atoms with Gasteiger partial charge in [-0.3, -0.25) is 24.5 Å². The second-order valence-electron chi connectivity index (χ2n) is 5.51. The fourth-order valence-corrected chi connectivity index (χ4v) is 2.13. The number of nitro groups is 1. The third kappa shape index (κ3) is 5.92. The largest absolute Gasteiger partial charge is 0.454 e. The first-order valence-corrected chi connectivity index (χ1v) is 7.90. The van der Waals surface area contributed by atoms with E-state index in [1.165, 1.54) is 18.2 Å².